The molecule has 1 saturated heterocycles. The van der Waals surface area contributed by atoms with E-state index in [2.05, 4.69) is 5.32 Å². The lowest BCUT2D eigenvalue weighted by molar-refractivity contribution is -0.385. The predicted octanol–water partition coefficient (Wildman–Crippen LogP) is 2.89. The minimum Gasteiger partial charge on any atom is -0.497 e. The van der Waals surface area contributed by atoms with Crippen LogP contribution in [-0.4, -0.2) is 31.7 Å². The number of hydrogen-bond acceptors (Lipinski definition) is 5. The van der Waals surface area contributed by atoms with Crippen LogP contribution < -0.4 is 15.0 Å². The summed E-state index contributed by atoms with van der Waals surface area (Å²) in [5, 5.41) is 14.1. The molecule has 1 fully saturated rings. The van der Waals surface area contributed by atoms with Crippen molar-refractivity contribution in [1.82, 2.24) is 5.32 Å². The first kappa shape index (κ1) is 16.2. The molecule has 126 valence electrons. The van der Waals surface area contributed by atoms with Gasteiger partial charge in [0, 0.05) is 25.7 Å². The van der Waals surface area contributed by atoms with Crippen molar-refractivity contribution >= 4 is 11.4 Å². The highest BCUT2D eigenvalue weighted by Gasteiger charge is 2.27. The van der Waals surface area contributed by atoms with Crippen LogP contribution in [0.15, 0.2) is 42.5 Å². The SMILES string of the molecule is COc1ccc(C2CNCCN2c2ccc([N+](=O)[O-])cc2F)cc1. The molecule has 1 aliphatic heterocycles. The molecule has 2 aromatic carbocycles. The molecule has 1 heterocycles. The molecule has 0 amide bonds. The van der Waals surface area contributed by atoms with Crippen molar-refractivity contribution < 1.29 is 14.1 Å². The number of halogens is 1. The number of rotatable bonds is 4. The Balaban J connectivity index is 1.93. The van der Waals surface area contributed by atoms with Gasteiger partial charge in [0.15, 0.2) is 5.82 Å². The first-order valence-corrected chi connectivity index (χ1v) is 7.65. The standard InChI is InChI=1S/C17H18FN3O3/c1-24-14-5-2-12(3-6-14)17-11-19-8-9-20(17)16-7-4-13(21(22)23)10-15(16)18/h2-7,10,17,19H,8-9,11H2,1H3. The van der Waals surface area contributed by atoms with Gasteiger partial charge in [0.2, 0.25) is 0 Å². The Bertz CT molecular complexity index is 736. The smallest absolute Gasteiger partial charge is 0.272 e. The van der Waals surface area contributed by atoms with Crippen LogP contribution in [0.1, 0.15) is 11.6 Å². The molecule has 0 aromatic heterocycles. The topological polar surface area (TPSA) is 67.6 Å². The maximum atomic E-state index is 14.4. The summed E-state index contributed by atoms with van der Waals surface area (Å²) < 4.78 is 19.6. The van der Waals surface area contributed by atoms with Crippen LogP contribution in [0.3, 0.4) is 0 Å². The summed E-state index contributed by atoms with van der Waals surface area (Å²) in [4.78, 5) is 12.1. The van der Waals surface area contributed by atoms with Crippen molar-refractivity contribution in [1.29, 1.82) is 0 Å². The molecule has 0 saturated carbocycles. The van der Waals surface area contributed by atoms with Crippen LogP contribution in [0.25, 0.3) is 0 Å². The van der Waals surface area contributed by atoms with Crippen molar-refractivity contribution in [3.63, 3.8) is 0 Å². The number of methoxy groups -OCH3 is 1. The van der Waals surface area contributed by atoms with Crippen LogP contribution in [0.4, 0.5) is 15.8 Å². The Morgan fingerprint density at radius 2 is 2.04 bits per heavy atom. The van der Waals surface area contributed by atoms with Gasteiger partial charge in [-0.1, -0.05) is 12.1 Å². The fraction of sp³-hybridized carbons (Fsp3) is 0.294. The third kappa shape index (κ3) is 3.16. The Labute approximate surface area is 139 Å². The zero-order valence-electron chi connectivity index (χ0n) is 13.2. The number of anilines is 1. The minimum absolute atomic E-state index is 0.0550. The van der Waals surface area contributed by atoms with Crippen molar-refractivity contribution in [3.05, 3.63) is 64.0 Å². The van der Waals surface area contributed by atoms with E-state index in [1.807, 2.05) is 29.2 Å². The fourth-order valence-electron chi connectivity index (χ4n) is 2.96. The number of nitrogens with one attached hydrogen (secondary N) is 1. The molecular formula is C17H18FN3O3. The maximum Gasteiger partial charge on any atom is 0.272 e. The third-order valence-electron chi connectivity index (χ3n) is 4.20. The molecule has 0 aliphatic carbocycles. The molecule has 0 radical (unpaired) electrons. The predicted molar refractivity (Wildman–Crippen MR) is 89.0 cm³/mol. The lowest BCUT2D eigenvalue weighted by Gasteiger charge is -2.38. The summed E-state index contributed by atoms with van der Waals surface area (Å²) >= 11 is 0. The van der Waals surface area contributed by atoms with E-state index in [0.717, 1.165) is 23.9 Å². The van der Waals surface area contributed by atoms with Crippen LogP contribution in [0.2, 0.25) is 0 Å². The molecular weight excluding hydrogens is 313 g/mol. The molecule has 1 aliphatic rings. The number of nitrogens with zero attached hydrogens (tertiary/aromatic N) is 2. The van der Waals surface area contributed by atoms with Crippen molar-refractivity contribution in [3.8, 4) is 5.75 Å². The average Bonchev–Trinajstić information content (AvgIpc) is 2.62. The van der Waals surface area contributed by atoms with Crippen LogP contribution >= 0.6 is 0 Å². The van der Waals surface area contributed by atoms with Gasteiger partial charge in [0.1, 0.15) is 5.75 Å². The number of hydrogen-bond donors (Lipinski definition) is 1. The summed E-state index contributed by atoms with van der Waals surface area (Å²) in [6.45, 7) is 2.01. The fourth-order valence-corrected chi connectivity index (χ4v) is 2.96. The molecule has 6 nitrogen and oxygen atoms in total. The highest BCUT2D eigenvalue weighted by Crippen LogP contribution is 2.32. The van der Waals surface area contributed by atoms with Gasteiger partial charge in [0.05, 0.1) is 29.8 Å². The second-order valence-corrected chi connectivity index (χ2v) is 5.58. The molecule has 1 N–H and O–H groups in total. The Kier molecular flexibility index (Phi) is 4.61. The highest BCUT2D eigenvalue weighted by molar-refractivity contribution is 5.55. The number of non-ortho nitro benzene ring substituents is 1. The summed E-state index contributed by atoms with van der Waals surface area (Å²) in [7, 11) is 1.61. The average molecular weight is 331 g/mol. The molecule has 0 spiro atoms. The third-order valence-corrected chi connectivity index (χ3v) is 4.20. The van der Waals surface area contributed by atoms with Gasteiger partial charge in [-0.25, -0.2) is 4.39 Å². The monoisotopic (exact) mass is 331 g/mol. The van der Waals surface area contributed by atoms with E-state index in [1.54, 1.807) is 7.11 Å². The Morgan fingerprint density at radius 1 is 1.29 bits per heavy atom. The molecule has 1 atom stereocenters. The van der Waals surface area contributed by atoms with Crippen molar-refractivity contribution in [2.24, 2.45) is 0 Å². The maximum absolute atomic E-state index is 14.4. The molecule has 24 heavy (non-hydrogen) atoms. The number of benzene rings is 2. The van der Waals surface area contributed by atoms with E-state index in [4.69, 9.17) is 4.74 Å². The van der Waals surface area contributed by atoms with E-state index in [9.17, 15) is 14.5 Å². The normalized spacial score (nSPS) is 17.6. The second kappa shape index (κ2) is 6.84. The van der Waals surface area contributed by atoms with Gasteiger partial charge in [-0.15, -0.1) is 0 Å². The summed E-state index contributed by atoms with van der Waals surface area (Å²) in [5.74, 6) is 0.181. The lowest BCUT2D eigenvalue weighted by Crippen LogP contribution is -2.46. The van der Waals surface area contributed by atoms with Gasteiger partial charge >= 0.3 is 0 Å². The zero-order chi connectivity index (χ0) is 17.1. The zero-order valence-corrected chi connectivity index (χ0v) is 13.2. The molecule has 3 rings (SSSR count). The van der Waals surface area contributed by atoms with E-state index in [1.165, 1.54) is 12.1 Å². The van der Waals surface area contributed by atoms with E-state index >= 15 is 0 Å². The molecule has 0 bridgehead atoms. The number of piperazine rings is 1. The Hall–Kier alpha value is -2.67. The van der Waals surface area contributed by atoms with Crippen LogP contribution in [0.5, 0.6) is 5.75 Å². The second-order valence-electron chi connectivity index (χ2n) is 5.58. The minimum atomic E-state index is -0.592. The first-order valence-electron chi connectivity index (χ1n) is 7.65. The van der Waals surface area contributed by atoms with Crippen LogP contribution in [-0.2, 0) is 0 Å². The highest BCUT2D eigenvalue weighted by atomic mass is 19.1. The van der Waals surface area contributed by atoms with Gasteiger partial charge < -0.3 is 15.0 Å². The van der Waals surface area contributed by atoms with E-state index < -0.39 is 10.7 Å². The number of nitro groups is 1. The van der Waals surface area contributed by atoms with Crippen molar-refractivity contribution in [2.45, 2.75) is 6.04 Å². The largest absolute Gasteiger partial charge is 0.497 e. The van der Waals surface area contributed by atoms with E-state index in [-0.39, 0.29) is 11.7 Å². The lowest BCUT2D eigenvalue weighted by atomic mass is 10.0. The number of ether oxygens (including phenoxy) is 1. The summed E-state index contributed by atoms with van der Waals surface area (Å²) in [5.41, 5.74) is 1.16. The van der Waals surface area contributed by atoms with Gasteiger partial charge in [0.25, 0.3) is 5.69 Å². The quantitative estimate of drug-likeness (QED) is 0.689. The van der Waals surface area contributed by atoms with Gasteiger partial charge in [-0.2, -0.15) is 0 Å². The van der Waals surface area contributed by atoms with Crippen LogP contribution in [0, 0.1) is 15.9 Å². The van der Waals surface area contributed by atoms with E-state index in [0.29, 0.717) is 18.8 Å². The van der Waals surface area contributed by atoms with Crippen molar-refractivity contribution in [2.75, 3.05) is 31.6 Å². The first-order chi connectivity index (χ1) is 11.6. The number of nitro benzene ring substituents is 1. The van der Waals surface area contributed by atoms with Gasteiger partial charge in [-0.05, 0) is 23.8 Å². The summed E-state index contributed by atoms with van der Waals surface area (Å²) in [6.07, 6.45) is 0. The van der Waals surface area contributed by atoms with Gasteiger partial charge in [-0.3, -0.25) is 10.1 Å². The molecule has 1 unspecified atom stereocenters. The molecule has 2 aromatic rings. The summed E-state index contributed by atoms with van der Waals surface area (Å²) in [6, 6.07) is 11.4. The molecule has 7 heteroatoms. The Morgan fingerprint density at radius 3 is 2.67 bits per heavy atom.